The quantitative estimate of drug-likeness (QED) is 0.309. The van der Waals surface area contributed by atoms with Crippen LogP contribution in [0, 0.1) is 0 Å². The molecule has 2 saturated heterocycles. The molecule has 1 aromatic heterocycles. The number of likely N-dealkylation sites (tertiary alicyclic amines) is 2. The number of furan rings is 1. The smallest absolute Gasteiger partial charge is 0.136 e. The highest BCUT2D eigenvalue weighted by Crippen LogP contribution is 2.36. The van der Waals surface area contributed by atoms with Crippen LogP contribution in [0.4, 0.5) is 0 Å². The second-order valence-corrected chi connectivity index (χ2v) is 10.7. The summed E-state index contributed by atoms with van der Waals surface area (Å²) in [5.41, 5.74) is 4.55. The fourth-order valence-corrected chi connectivity index (χ4v) is 6.20. The maximum Gasteiger partial charge on any atom is 0.136 e. The Morgan fingerprint density at radius 3 is 1.92 bits per heavy atom. The number of fused-ring (bicyclic) bond motifs is 3. The Labute approximate surface area is 242 Å². The Balaban J connectivity index is 0.00000190. The SMILES string of the molecule is Cl.Cl.O=C([S-])c1ccc2oc3cc(CCN4CCCCC4)c(C(=O)[S-])c(CCN4CCCCC4)c3c2c1. The van der Waals surface area contributed by atoms with Gasteiger partial charge in [-0.2, -0.15) is 0 Å². The third-order valence-corrected chi connectivity index (χ3v) is 8.10. The number of nitrogens with zero attached hydrogens (tertiary/aromatic N) is 2. The number of piperidine rings is 2. The molecule has 3 heterocycles. The molecule has 0 saturated carbocycles. The van der Waals surface area contributed by atoms with Gasteiger partial charge in [0.05, 0.1) is 0 Å². The summed E-state index contributed by atoms with van der Waals surface area (Å²) in [5, 5.41) is 1.04. The van der Waals surface area contributed by atoms with E-state index in [4.69, 9.17) is 29.7 Å². The number of hydrogen-bond donors (Lipinski definition) is 0. The number of carbonyl (C=O) groups is 2. The van der Waals surface area contributed by atoms with Crippen LogP contribution in [-0.4, -0.2) is 59.3 Å². The molecule has 2 aromatic carbocycles. The monoisotopic (exact) mass is 580 g/mol. The van der Waals surface area contributed by atoms with Crippen LogP contribution in [-0.2, 0) is 38.1 Å². The zero-order valence-electron chi connectivity index (χ0n) is 21.0. The van der Waals surface area contributed by atoms with Gasteiger partial charge in [0.1, 0.15) is 11.2 Å². The van der Waals surface area contributed by atoms with Crippen molar-refractivity contribution >= 4 is 82.2 Å². The third-order valence-electron chi connectivity index (χ3n) is 7.66. The van der Waals surface area contributed by atoms with Gasteiger partial charge in [0.15, 0.2) is 0 Å². The van der Waals surface area contributed by atoms with Crippen LogP contribution in [0.1, 0.15) is 70.4 Å². The van der Waals surface area contributed by atoms with E-state index in [9.17, 15) is 9.59 Å². The first-order valence-corrected chi connectivity index (χ1v) is 13.7. The van der Waals surface area contributed by atoms with Crippen molar-refractivity contribution in [3.63, 3.8) is 0 Å². The van der Waals surface area contributed by atoms with Gasteiger partial charge in [0, 0.05) is 39.7 Å². The van der Waals surface area contributed by atoms with Crippen LogP contribution in [0.15, 0.2) is 28.7 Å². The van der Waals surface area contributed by atoms with Gasteiger partial charge in [-0.25, -0.2) is 0 Å². The van der Waals surface area contributed by atoms with E-state index in [-0.39, 0.29) is 29.9 Å². The van der Waals surface area contributed by atoms with Crippen molar-refractivity contribution in [3.8, 4) is 0 Å². The fraction of sp³-hybridized carbons (Fsp3) is 0.500. The first kappa shape index (κ1) is 30.1. The molecule has 0 aliphatic carbocycles. The van der Waals surface area contributed by atoms with Crippen LogP contribution in [0.2, 0.25) is 0 Å². The van der Waals surface area contributed by atoms with Gasteiger partial charge in [-0.1, -0.05) is 12.8 Å². The maximum absolute atomic E-state index is 13.0. The number of rotatable bonds is 8. The molecule has 0 radical (unpaired) electrons. The number of halogens is 2. The van der Waals surface area contributed by atoms with Crippen LogP contribution in [0.5, 0.6) is 0 Å². The van der Waals surface area contributed by atoms with Gasteiger partial charge < -0.3 is 49.1 Å². The molecule has 0 amide bonds. The Bertz CT molecular complexity index is 1250. The van der Waals surface area contributed by atoms with E-state index in [1.54, 1.807) is 6.07 Å². The Morgan fingerprint density at radius 2 is 1.35 bits per heavy atom. The van der Waals surface area contributed by atoms with Crippen LogP contribution in [0.3, 0.4) is 0 Å². The predicted molar refractivity (Wildman–Crippen MR) is 160 cm³/mol. The van der Waals surface area contributed by atoms with E-state index in [2.05, 4.69) is 9.80 Å². The largest absolute Gasteiger partial charge is 0.737 e. The number of benzene rings is 2. The highest BCUT2D eigenvalue weighted by molar-refractivity contribution is 7.78. The highest BCUT2D eigenvalue weighted by atomic mass is 35.5. The topological polar surface area (TPSA) is 53.8 Å². The predicted octanol–water partition coefficient (Wildman–Crippen LogP) is 5.86. The van der Waals surface area contributed by atoms with Gasteiger partial charge in [-0.3, -0.25) is 0 Å². The minimum absolute atomic E-state index is 0. The molecule has 202 valence electrons. The summed E-state index contributed by atoms with van der Waals surface area (Å²) < 4.78 is 6.27. The van der Waals surface area contributed by atoms with E-state index >= 15 is 0 Å². The summed E-state index contributed by atoms with van der Waals surface area (Å²) >= 11 is 10.2. The molecule has 5 nitrogen and oxygen atoms in total. The van der Waals surface area contributed by atoms with E-state index in [1.165, 1.54) is 38.5 Å². The molecule has 3 aromatic rings. The molecule has 2 fully saturated rings. The Kier molecular flexibility index (Phi) is 11.0. The minimum Gasteiger partial charge on any atom is -0.737 e. The molecule has 9 heteroatoms. The average molecular weight is 582 g/mol. The van der Waals surface area contributed by atoms with Gasteiger partial charge >= 0.3 is 0 Å². The second kappa shape index (κ2) is 13.5. The molecular formula is C28H34Cl2N2O3S2-2. The summed E-state index contributed by atoms with van der Waals surface area (Å²) in [4.78, 5) is 29.8. The molecule has 2 aliphatic rings. The summed E-state index contributed by atoms with van der Waals surface area (Å²) in [6, 6.07) is 7.35. The number of carbonyl (C=O) groups excluding carboxylic acids is 2. The van der Waals surface area contributed by atoms with Gasteiger partial charge in [-0.15, -0.1) is 24.8 Å². The standard InChI is InChI=1S/C28H34N2O3S2.2ClH/c31-27(34)20-7-8-23-22(17-20)26-21(10-16-30-13-5-2-6-14-30)25(28(32)35)19(18-24(26)33-23)9-15-29-11-3-1-4-12-29;;/h7-8,17-18H,1-6,9-16H2,(H,31,34)(H,32,35);2*1H/p-2. The van der Waals surface area contributed by atoms with Gasteiger partial charge in [0.2, 0.25) is 0 Å². The lowest BCUT2D eigenvalue weighted by Gasteiger charge is -2.28. The fourth-order valence-electron chi connectivity index (χ4n) is 5.82. The van der Waals surface area contributed by atoms with Crippen molar-refractivity contribution in [2.24, 2.45) is 0 Å². The molecule has 0 unspecified atom stereocenters. The van der Waals surface area contributed by atoms with E-state index in [0.717, 1.165) is 79.6 Å². The van der Waals surface area contributed by atoms with E-state index in [1.807, 2.05) is 18.2 Å². The molecule has 2 aliphatic heterocycles. The summed E-state index contributed by atoms with van der Waals surface area (Å²) in [7, 11) is 0. The second-order valence-electron chi connectivity index (χ2n) is 9.95. The molecule has 0 spiro atoms. The molecule has 0 atom stereocenters. The third kappa shape index (κ3) is 6.75. The maximum atomic E-state index is 13.0. The summed E-state index contributed by atoms with van der Waals surface area (Å²) in [5.74, 6) is 0. The van der Waals surface area contributed by atoms with Crippen LogP contribution >= 0.6 is 24.8 Å². The first-order valence-electron chi connectivity index (χ1n) is 12.9. The molecule has 5 rings (SSSR count). The number of hydrogen-bond acceptors (Lipinski definition) is 7. The van der Waals surface area contributed by atoms with Crippen molar-refractivity contribution in [1.29, 1.82) is 0 Å². The van der Waals surface area contributed by atoms with Gasteiger partial charge in [-0.05, 0) is 106 Å². The summed E-state index contributed by atoms with van der Waals surface area (Å²) in [6.07, 6.45) is 9.00. The minimum atomic E-state index is -0.395. The molecule has 0 bridgehead atoms. The van der Waals surface area contributed by atoms with Crippen LogP contribution < -0.4 is 0 Å². The Morgan fingerprint density at radius 1 is 0.757 bits per heavy atom. The lowest BCUT2D eigenvalue weighted by atomic mass is 9.92. The van der Waals surface area contributed by atoms with Gasteiger partial charge in [0.25, 0.3) is 0 Å². The Hall–Kier alpha value is -1.48. The van der Waals surface area contributed by atoms with E-state index in [0.29, 0.717) is 16.7 Å². The van der Waals surface area contributed by atoms with Crippen molar-refractivity contribution in [3.05, 3.63) is 46.5 Å². The van der Waals surface area contributed by atoms with E-state index < -0.39 is 5.12 Å². The lowest BCUT2D eigenvalue weighted by Crippen LogP contribution is -2.32. The van der Waals surface area contributed by atoms with Crippen molar-refractivity contribution in [2.45, 2.75) is 51.4 Å². The van der Waals surface area contributed by atoms with Crippen LogP contribution in [0.25, 0.3) is 21.9 Å². The lowest BCUT2D eigenvalue weighted by molar-refractivity contribution is 0.108. The molecule has 37 heavy (non-hydrogen) atoms. The van der Waals surface area contributed by atoms with Crippen molar-refractivity contribution in [1.82, 2.24) is 9.80 Å². The summed E-state index contributed by atoms with van der Waals surface area (Å²) in [6.45, 7) is 6.22. The zero-order chi connectivity index (χ0) is 24.4. The average Bonchev–Trinajstić information content (AvgIpc) is 3.24. The highest BCUT2D eigenvalue weighted by Gasteiger charge is 2.22. The molecule has 0 N–H and O–H groups in total. The molecular weight excluding hydrogens is 547 g/mol. The zero-order valence-corrected chi connectivity index (χ0v) is 24.2. The van der Waals surface area contributed by atoms with Crippen molar-refractivity contribution in [2.75, 3.05) is 39.3 Å². The normalized spacial score (nSPS) is 16.9. The van der Waals surface area contributed by atoms with Crippen molar-refractivity contribution < 1.29 is 14.0 Å². The first-order chi connectivity index (χ1) is 17.0.